The minimum atomic E-state index is -2.23. The molecule has 0 fully saturated rings. The summed E-state index contributed by atoms with van der Waals surface area (Å²) in [6.07, 6.45) is -4.12. The van der Waals surface area contributed by atoms with Crippen molar-refractivity contribution in [1.29, 1.82) is 0 Å². The number of rotatable bonds is 7. The molecule has 0 spiro atoms. The van der Waals surface area contributed by atoms with Gasteiger partial charge < -0.3 is 25.2 Å². The molecular formula is C9H16O7. The predicted molar refractivity (Wildman–Crippen MR) is 51.5 cm³/mol. The van der Waals surface area contributed by atoms with Crippen LogP contribution in [0.2, 0.25) is 0 Å². The third kappa shape index (κ3) is 5.06. The molecule has 94 valence electrons. The highest BCUT2D eigenvalue weighted by molar-refractivity contribution is 5.84. The van der Waals surface area contributed by atoms with E-state index in [4.69, 9.17) is 15.3 Å². The molecule has 0 aliphatic heterocycles. The summed E-state index contributed by atoms with van der Waals surface area (Å²) < 4.78 is 4.43. The van der Waals surface area contributed by atoms with Crippen LogP contribution in [0, 0.1) is 0 Å². The Morgan fingerprint density at radius 2 is 1.75 bits per heavy atom. The highest BCUT2D eigenvalue weighted by atomic mass is 16.6. The first kappa shape index (κ1) is 14.8. The molecule has 0 aromatic carbocycles. The predicted octanol–water partition coefficient (Wildman–Crippen LogP) is -1.50. The number of ether oxygens (including phenoxy) is 1. The highest BCUT2D eigenvalue weighted by Gasteiger charge is 2.31. The molecule has 7 nitrogen and oxygen atoms in total. The Kier molecular flexibility index (Phi) is 6.63. The molecule has 7 heteroatoms. The van der Waals surface area contributed by atoms with Crippen LogP contribution in [0.15, 0.2) is 0 Å². The Morgan fingerprint density at radius 3 is 2.19 bits per heavy atom. The van der Waals surface area contributed by atoms with Crippen LogP contribution in [-0.4, -0.2) is 57.3 Å². The molecule has 0 heterocycles. The maximum atomic E-state index is 11.0. The van der Waals surface area contributed by atoms with Crippen molar-refractivity contribution in [3.05, 3.63) is 0 Å². The fourth-order valence-electron chi connectivity index (χ4n) is 0.944. The smallest absolute Gasteiger partial charge is 0.338 e. The Balaban J connectivity index is 4.01. The topological polar surface area (TPSA) is 124 Å². The van der Waals surface area contributed by atoms with Crippen molar-refractivity contribution in [2.45, 2.75) is 38.1 Å². The van der Waals surface area contributed by atoms with E-state index in [9.17, 15) is 14.7 Å². The monoisotopic (exact) mass is 236 g/mol. The average molecular weight is 236 g/mol. The van der Waals surface area contributed by atoms with Crippen LogP contribution >= 0.6 is 0 Å². The lowest BCUT2D eigenvalue weighted by molar-refractivity contribution is -0.171. The number of hydrogen-bond acceptors (Lipinski definition) is 6. The fraction of sp³-hybridized carbons (Fsp3) is 0.778. The molecule has 4 N–H and O–H groups in total. The van der Waals surface area contributed by atoms with Gasteiger partial charge in [-0.25, -0.2) is 9.59 Å². The van der Waals surface area contributed by atoms with E-state index in [1.807, 2.05) is 6.92 Å². The number of aliphatic hydroxyl groups excluding tert-OH is 3. The molecular weight excluding hydrogens is 220 g/mol. The molecule has 16 heavy (non-hydrogen) atoms. The van der Waals surface area contributed by atoms with Crippen molar-refractivity contribution in [2.24, 2.45) is 0 Å². The van der Waals surface area contributed by atoms with Crippen LogP contribution in [-0.2, 0) is 14.3 Å². The third-order valence-electron chi connectivity index (χ3n) is 1.83. The number of carbonyl (C=O) groups is 2. The molecule has 3 unspecified atom stereocenters. The van der Waals surface area contributed by atoms with Gasteiger partial charge in [-0.3, -0.25) is 0 Å². The molecule has 0 aromatic rings. The first-order valence-electron chi connectivity index (χ1n) is 4.83. The van der Waals surface area contributed by atoms with Crippen LogP contribution in [0.3, 0.4) is 0 Å². The number of carbonyl (C=O) groups excluding carboxylic acids is 1. The van der Waals surface area contributed by atoms with Gasteiger partial charge in [0.25, 0.3) is 0 Å². The van der Waals surface area contributed by atoms with E-state index in [0.29, 0.717) is 12.8 Å². The number of carboxylic acids is 1. The zero-order valence-electron chi connectivity index (χ0n) is 8.87. The number of esters is 1. The first-order valence-corrected chi connectivity index (χ1v) is 4.83. The summed E-state index contributed by atoms with van der Waals surface area (Å²) in [5, 5.41) is 35.3. The summed E-state index contributed by atoms with van der Waals surface area (Å²) in [7, 11) is 0. The second-order valence-electron chi connectivity index (χ2n) is 3.30. The Bertz CT molecular complexity index is 240. The highest BCUT2D eigenvalue weighted by Crippen LogP contribution is 2.01. The quantitative estimate of drug-likeness (QED) is 0.396. The van der Waals surface area contributed by atoms with Gasteiger partial charge in [-0.15, -0.1) is 0 Å². The maximum Gasteiger partial charge on any atom is 0.338 e. The van der Waals surface area contributed by atoms with Crippen LogP contribution < -0.4 is 0 Å². The van der Waals surface area contributed by atoms with E-state index in [2.05, 4.69) is 4.74 Å². The van der Waals surface area contributed by atoms with E-state index in [1.54, 1.807) is 0 Å². The molecule has 0 aliphatic carbocycles. The lowest BCUT2D eigenvalue weighted by atomic mass is 10.2. The second kappa shape index (κ2) is 7.15. The zero-order valence-corrected chi connectivity index (χ0v) is 8.87. The van der Waals surface area contributed by atoms with Crippen LogP contribution in [0.5, 0.6) is 0 Å². The number of aliphatic carboxylic acids is 1. The SMILES string of the molecule is CCCC(O)COC(=O)C(O)C(O)C(=O)O. The summed E-state index contributed by atoms with van der Waals surface area (Å²) in [4.78, 5) is 21.2. The summed E-state index contributed by atoms with van der Waals surface area (Å²) in [5.41, 5.74) is 0. The second-order valence-corrected chi connectivity index (χ2v) is 3.30. The van der Waals surface area contributed by atoms with Gasteiger partial charge in [-0.05, 0) is 6.42 Å². The standard InChI is InChI=1S/C9H16O7/c1-2-3-5(10)4-16-9(15)7(12)6(11)8(13)14/h5-7,10-12H,2-4H2,1H3,(H,13,14). The van der Waals surface area contributed by atoms with Crippen molar-refractivity contribution in [3.8, 4) is 0 Å². The van der Waals surface area contributed by atoms with Crippen molar-refractivity contribution in [2.75, 3.05) is 6.61 Å². The molecule has 0 bridgehead atoms. The molecule has 0 saturated carbocycles. The summed E-state index contributed by atoms with van der Waals surface area (Å²) in [6, 6.07) is 0. The Hall–Kier alpha value is -1.18. The molecule has 0 radical (unpaired) electrons. The van der Waals surface area contributed by atoms with Gasteiger partial charge >= 0.3 is 11.9 Å². The summed E-state index contributed by atoms with van der Waals surface area (Å²) in [6.45, 7) is 1.49. The van der Waals surface area contributed by atoms with Gasteiger partial charge in [-0.1, -0.05) is 13.3 Å². The largest absolute Gasteiger partial charge is 0.479 e. The zero-order chi connectivity index (χ0) is 12.7. The fourth-order valence-corrected chi connectivity index (χ4v) is 0.944. The van der Waals surface area contributed by atoms with E-state index in [0.717, 1.165) is 0 Å². The first-order chi connectivity index (χ1) is 7.40. The minimum Gasteiger partial charge on any atom is -0.479 e. The summed E-state index contributed by atoms with van der Waals surface area (Å²) >= 11 is 0. The minimum absolute atomic E-state index is 0.337. The lowest BCUT2D eigenvalue weighted by Gasteiger charge is -2.15. The van der Waals surface area contributed by atoms with Gasteiger partial charge in [0.2, 0.25) is 0 Å². The maximum absolute atomic E-state index is 11.0. The third-order valence-corrected chi connectivity index (χ3v) is 1.83. The van der Waals surface area contributed by atoms with Crippen molar-refractivity contribution >= 4 is 11.9 Å². The Labute approximate surface area is 92.3 Å². The lowest BCUT2D eigenvalue weighted by Crippen LogP contribution is -2.41. The Morgan fingerprint density at radius 1 is 1.19 bits per heavy atom. The van der Waals surface area contributed by atoms with Crippen LogP contribution in [0.1, 0.15) is 19.8 Å². The molecule has 0 amide bonds. The summed E-state index contributed by atoms with van der Waals surface area (Å²) in [5.74, 6) is -3.00. The number of aliphatic hydroxyl groups is 3. The van der Waals surface area contributed by atoms with Gasteiger partial charge in [0.15, 0.2) is 12.2 Å². The van der Waals surface area contributed by atoms with Gasteiger partial charge in [0, 0.05) is 0 Å². The van der Waals surface area contributed by atoms with Gasteiger partial charge in [0.1, 0.15) is 6.61 Å². The van der Waals surface area contributed by atoms with E-state index < -0.39 is 30.3 Å². The molecule has 3 atom stereocenters. The normalized spacial score (nSPS) is 16.2. The van der Waals surface area contributed by atoms with Gasteiger partial charge in [-0.2, -0.15) is 0 Å². The molecule has 0 saturated heterocycles. The van der Waals surface area contributed by atoms with Crippen LogP contribution in [0.4, 0.5) is 0 Å². The van der Waals surface area contributed by atoms with Crippen molar-refractivity contribution in [3.63, 3.8) is 0 Å². The van der Waals surface area contributed by atoms with E-state index in [-0.39, 0.29) is 6.61 Å². The molecule has 0 aliphatic rings. The number of hydrogen-bond donors (Lipinski definition) is 4. The van der Waals surface area contributed by atoms with E-state index in [1.165, 1.54) is 0 Å². The van der Waals surface area contributed by atoms with Crippen molar-refractivity contribution < 1.29 is 34.8 Å². The van der Waals surface area contributed by atoms with Gasteiger partial charge in [0.05, 0.1) is 6.10 Å². The average Bonchev–Trinajstić information content (AvgIpc) is 2.24. The number of carboxylic acid groups (broad SMARTS) is 1. The van der Waals surface area contributed by atoms with Crippen LogP contribution in [0.25, 0.3) is 0 Å². The molecule has 0 aromatic heterocycles. The van der Waals surface area contributed by atoms with E-state index >= 15 is 0 Å². The van der Waals surface area contributed by atoms with Crippen molar-refractivity contribution in [1.82, 2.24) is 0 Å². The molecule has 0 rings (SSSR count).